The average Bonchev–Trinajstić information content (AvgIpc) is 2.96. The molecule has 0 aliphatic carbocycles. The van der Waals surface area contributed by atoms with Crippen LogP contribution < -0.4 is 15.6 Å². The number of carbonyl (C=O) groups excluding carboxylic acids is 2. The molecule has 5 rings (SSSR count). The van der Waals surface area contributed by atoms with Crippen molar-refractivity contribution in [1.29, 1.82) is 0 Å². The molecule has 0 aliphatic heterocycles. The van der Waals surface area contributed by atoms with E-state index in [1.54, 1.807) is 72.8 Å². The fourth-order valence-electron chi connectivity index (χ4n) is 4.24. The van der Waals surface area contributed by atoms with E-state index in [4.69, 9.17) is 21.1 Å². The molecule has 1 aromatic heterocycles. The second kappa shape index (κ2) is 11.2. The Bertz CT molecular complexity index is 1710. The monoisotopic (exact) mass is 538 g/mol. The summed E-state index contributed by atoms with van der Waals surface area (Å²) in [4.78, 5) is 38.9. The minimum Gasteiger partial charge on any atom is -0.457 e. The van der Waals surface area contributed by atoms with Crippen molar-refractivity contribution in [3.05, 3.63) is 124 Å². The van der Waals surface area contributed by atoms with Gasteiger partial charge in [-0.3, -0.25) is 9.59 Å². The van der Waals surface area contributed by atoms with Crippen molar-refractivity contribution >= 4 is 39.9 Å². The van der Waals surface area contributed by atoms with Crippen LogP contribution in [0.25, 0.3) is 21.9 Å². The van der Waals surface area contributed by atoms with E-state index < -0.39 is 18.5 Å². The third kappa shape index (κ3) is 5.68. The molecule has 194 valence electrons. The zero-order valence-corrected chi connectivity index (χ0v) is 21.6. The largest absolute Gasteiger partial charge is 0.457 e. The van der Waals surface area contributed by atoms with Crippen LogP contribution in [-0.4, -0.2) is 23.1 Å². The lowest BCUT2D eigenvalue weighted by Gasteiger charge is -2.17. The van der Waals surface area contributed by atoms with E-state index in [0.29, 0.717) is 44.1 Å². The van der Waals surface area contributed by atoms with Crippen molar-refractivity contribution in [1.82, 2.24) is 4.57 Å². The summed E-state index contributed by atoms with van der Waals surface area (Å²) in [5.41, 5.74) is 1.40. The normalized spacial score (nSPS) is 10.7. The highest BCUT2D eigenvalue weighted by Gasteiger charge is 2.23. The van der Waals surface area contributed by atoms with Crippen LogP contribution in [0, 0.1) is 0 Å². The van der Waals surface area contributed by atoms with Gasteiger partial charge in [0.2, 0.25) is 0 Å². The van der Waals surface area contributed by atoms with Gasteiger partial charge >= 0.3 is 5.97 Å². The molecule has 0 radical (unpaired) electrons. The molecule has 1 amide bonds. The molecule has 0 bridgehead atoms. The maximum Gasteiger partial charge on any atom is 0.356 e. The van der Waals surface area contributed by atoms with Crippen LogP contribution in [0.15, 0.2) is 108 Å². The Balaban J connectivity index is 1.34. The topological polar surface area (TPSA) is 86.6 Å². The van der Waals surface area contributed by atoms with Crippen LogP contribution in [0.5, 0.6) is 11.5 Å². The summed E-state index contributed by atoms with van der Waals surface area (Å²) in [7, 11) is 1.50. The number of carbonyl (C=O) groups is 2. The Morgan fingerprint density at radius 1 is 0.795 bits per heavy atom. The van der Waals surface area contributed by atoms with Crippen LogP contribution in [0.3, 0.4) is 0 Å². The third-order valence-electron chi connectivity index (χ3n) is 6.08. The zero-order chi connectivity index (χ0) is 27.4. The highest BCUT2D eigenvalue weighted by Crippen LogP contribution is 2.32. The fourth-order valence-corrected chi connectivity index (χ4v) is 4.37. The second-order valence-corrected chi connectivity index (χ2v) is 9.14. The number of para-hydroxylation sites is 1. The number of amides is 1. The van der Waals surface area contributed by atoms with Crippen molar-refractivity contribution in [3.8, 4) is 22.6 Å². The van der Waals surface area contributed by atoms with Crippen molar-refractivity contribution in [2.75, 3.05) is 11.9 Å². The Morgan fingerprint density at radius 3 is 2.10 bits per heavy atom. The van der Waals surface area contributed by atoms with Crippen LogP contribution >= 0.6 is 11.6 Å². The van der Waals surface area contributed by atoms with Gasteiger partial charge < -0.3 is 19.4 Å². The first-order valence-electron chi connectivity index (χ1n) is 12.1. The first kappa shape index (κ1) is 25.8. The molecule has 0 spiro atoms. The van der Waals surface area contributed by atoms with Crippen molar-refractivity contribution in [2.24, 2.45) is 7.05 Å². The number of rotatable bonds is 7. The summed E-state index contributed by atoms with van der Waals surface area (Å²) < 4.78 is 12.4. The summed E-state index contributed by atoms with van der Waals surface area (Å²) in [6.45, 7) is -0.540. The lowest BCUT2D eigenvalue weighted by atomic mass is 9.97. The zero-order valence-electron chi connectivity index (χ0n) is 20.9. The Labute approximate surface area is 229 Å². The Hall–Kier alpha value is -4.88. The molecule has 1 heterocycles. The number of pyridine rings is 1. The molecule has 7 nitrogen and oxygen atoms in total. The highest BCUT2D eigenvalue weighted by atomic mass is 35.5. The van der Waals surface area contributed by atoms with E-state index in [1.807, 2.05) is 30.3 Å². The Morgan fingerprint density at radius 2 is 1.41 bits per heavy atom. The van der Waals surface area contributed by atoms with Crippen LogP contribution in [-0.2, 0) is 16.6 Å². The van der Waals surface area contributed by atoms with Gasteiger partial charge in [-0.1, -0.05) is 60.1 Å². The average molecular weight is 539 g/mol. The number of nitrogens with one attached hydrogen (secondary N) is 1. The predicted molar refractivity (Wildman–Crippen MR) is 152 cm³/mol. The SMILES string of the molecule is Cn1c(C(=O)OCC(=O)Nc2ccc(Oc3ccccc3)cc2)c(-c2ccc(Cl)cc2)c2ccccc2c1=O. The standard InChI is InChI=1S/C31H23ClN2O5/c1-34-29(28(20-11-13-21(32)14-12-20)25-9-5-6-10-26(25)30(34)36)31(37)38-19-27(35)33-22-15-17-24(18-16-22)39-23-7-3-2-4-8-23/h2-18H,19H2,1H3,(H,33,35). The van der Waals surface area contributed by atoms with Gasteiger partial charge in [0.15, 0.2) is 6.61 Å². The number of halogens is 1. The second-order valence-electron chi connectivity index (χ2n) is 8.70. The molecule has 4 aromatic carbocycles. The molecule has 5 aromatic rings. The smallest absolute Gasteiger partial charge is 0.356 e. The molecule has 0 saturated heterocycles. The number of aromatic nitrogens is 1. The van der Waals surface area contributed by atoms with E-state index in [9.17, 15) is 14.4 Å². The molecule has 8 heteroatoms. The molecule has 0 atom stereocenters. The van der Waals surface area contributed by atoms with Crippen LogP contribution in [0.2, 0.25) is 5.02 Å². The van der Waals surface area contributed by atoms with E-state index in [0.717, 1.165) is 0 Å². The van der Waals surface area contributed by atoms with Gasteiger partial charge in [0.25, 0.3) is 11.5 Å². The molecular formula is C31H23ClN2O5. The first-order valence-corrected chi connectivity index (χ1v) is 12.5. The molecule has 1 N–H and O–H groups in total. The lowest BCUT2D eigenvalue weighted by Crippen LogP contribution is -2.28. The number of hydrogen-bond donors (Lipinski definition) is 1. The van der Waals surface area contributed by atoms with E-state index in [2.05, 4.69) is 5.32 Å². The van der Waals surface area contributed by atoms with E-state index in [-0.39, 0.29) is 11.3 Å². The van der Waals surface area contributed by atoms with Gasteiger partial charge in [0.1, 0.15) is 17.2 Å². The van der Waals surface area contributed by atoms with Crippen molar-refractivity contribution in [2.45, 2.75) is 0 Å². The van der Waals surface area contributed by atoms with Crippen molar-refractivity contribution < 1.29 is 19.1 Å². The highest BCUT2D eigenvalue weighted by molar-refractivity contribution is 6.30. The number of nitrogens with zero attached hydrogens (tertiary/aromatic N) is 1. The van der Waals surface area contributed by atoms with Gasteiger partial charge in [-0.25, -0.2) is 4.79 Å². The van der Waals surface area contributed by atoms with Crippen molar-refractivity contribution in [3.63, 3.8) is 0 Å². The van der Waals surface area contributed by atoms with Gasteiger partial charge in [-0.15, -0.1) is 0 Å². The summed E-state index contributed by atoms with van der Waals surface area (Å²) in [5.74, 6) is -0.0224. The number of fused-ring (bicyclic) bond motifs is 1. The molecule has 0 fully saturated rings. The number of esters is 1. The molecule has 0 aliphatic rings. The lowest BCUT2D eigenvalue weighted by molar-refractivity contribution is -0.119. The summed E-state index contributed by atoms with van der Waals surface area (Å²) in [6.07, 6.45) is 0. The van der Waals surface area contributed by atoms with Crippen LogP contribution in [0.4, 0.5) is 5.69 Å². The minimum absolute atomic E-state index is 0.0382. The predicted octanol–water partition coefficient (Wildman–Crippen LogP) is 6.45. The number of anilines is 1. The summed E-state index contributed by atoms with van der Waals surface area (Å²) >= 11 is 6.07. The quantitative estimate of drug-likeness (QED) is 0.241. The maximum atomic E-state index is 13.3. The molecule has 0 unspecified atom stereocenters. The maximum absolute atomic E-state index is 13.3. The molecular weight excluding hydrogens is 516 g/mol. The number of ether oxygens (including phenoxy) is 2. The minimum atomic E-state index is -0.799. The third-order valence-corrected chi connectivity index (χ3v) is 6.33. The summed E-state index contributed by atoms with van der Waals surface area (Å²) in [6, 6.07) is 30.1. The van der Waals surface area contributed by atoms with Gasteiger partial charge in [0, 0.05) is 28.7 Å². The number of hydrogen-bond acceptors (Lipinski definition) is 5. The molecule has 39 heavy (non-hydrogen) atoms. The summed E-state index contributed by atoms with van der Waals surface area (Å²) in [5, 5.41) is 4.28. The van der Waals surface area contributed by atoms with Gasteiger partial charge in [-0.2, -0.15) is 0 Å². The first-order chi connectivity index (χ1) is 18.9. The van der Waals surface area contributed by atoms with E-state index >= 15 is 0 Å². The van der Waals surface area contributed by atoms with Gasteiger partial charge in [0.05, 0.1) is 0 Å². The Kier molecular flexibility index (Phi) is 7.43. The van der Waals surface area contributed by atoms with E-state index in [1.165, 1.54) is 11.6 Å². The number of benzene rings is 4. The van der Waals surface area contributed by atoms with Gasteiger partial charge in [-0.05, 0) is 65.5 Å². The van der Waals surface area contributed by atoms with Crippen LogP contribution in [0.1, 0.15) is 10.5 Å². The fraction of sp³-hybridized carbons (Fsp3) is 0.0645. The molecule has 0 saturated carbocycles.